The highest BCUT2D eigenvalue weighted by Crippen LogP contribution is 1.81. The fourth-order valence-corrected chi connectivity index (χ4v) is 0.671. The van der Waals surface area contributed by atoms with Gasteiger partial charge in [-0.2, -0.15) is 0 Å². The van der Waals surface area contributed by atoms with Crippen LogP contribution in [0.15, 0.2) is 0 Å². The van der Waals surface area contributed by atoms with E-state index in [0.29, 0.717) is 6.54 Å². The van der Waals surface area contributed by atoms with Gasteiger partial charge in [-0.1, -0.05) is 20.8 Å². The average Bonchev–Trinajstić information content (AvgIpc) is 2.09. The second kappa shape index (κ2) is 10.9. The molecule has 0 rings (SSSR count). The Bertz CT molecular complexity index is 67.4. The molecule has 0 spiro atoms. The topological polar surface area (TPSA) is 49.5 Å². The van der Waals surface area contributed by atoms with Gasteiger partial charge in [-0.15, -0.1) is 0 Å². The summed E-state index contributed by atoms with van der Waals surface area (Å²) >= 11 is 0. The van der Waals surface area contributed by atoms with Crippen LogP contribution < -0.4 is 5.73 Å². The number of rotatable bonds is 4. The number of hydrogen-bond acceptors (Lipinski definition) is 3. The van der Waals surface area contributed by atoms with E-state index in [0.717, 1.165) is 0 Å². The Morgan fingerprint density at radius 3 is 1.42 bits per heavy atom. The second-order valence-corrected chi connectivity index (χ2v) is 2.70. The Labute approximate surface area is 76.6 Å². The summed E-state index contributed by atoms with van der Waals surface area (Å²) in [6.45, 7) is 12.1. The van der Waals surface area contributed by atoms with E-state index in [1.807, 2.05) is 0 Å². The highest BCUT2D eigenvalue weighted by atomic mass is 16.3. The number of aliphatic hydroxyl groups excluding tert-OH is 1. The van der Waals surface area contributed by atoms with Crippen molar-refractivity contribution in [2.45, 2.75) is 33.8 Å². The number of aliphatic hydroxyl groups is 1. The zero-order chi connectivity index (χ0) is 9.98. The van der Waals surface area contributed by atoms with Crippen LogP contribution in [-0.2, 0) is 0 Å². The summed E-state index contributed by atoms with van der Waals surface area (Å²) in [5.74, 6) is 0. The third-order valence-electron chi connectivity index (χ3n) is 1.68. The number of nitrogens with zero attached hydrogens (tertiary/aromatic N) is 1. The van der Waals surface area contributed by atoms with Crippen molar-refractivity contribution in [3.05, 3.63) is 0 Å². The van der Waals surface area contributed by atoms with Crippen molar-refractivity contribution in [1.82, 2.24) is 4.90 Å². The molecule has 0 bridgehead atoms. The summed E-state index contributed by atoms with van der Waals surface area (Å²) in [5, 5.41) is 8.24. The summed E-state index contributed by atoms with van der Waals surface area (Å²) < 4.78 is 0. The fourth-order valence-electron chi connectivity index (χ4n) is 0.671. The van der Waals surface area contributed by atoms with Gasteiger partial charge in [-0.25, -0.2) is 0 Å². The van der Waals surface area contributed by atoms with Crippen molar-refractivity contribution in [1.29, 1.82) is 0 Å². The molecule has 12 heavy (non-hydrogen) atoms. The molecule has 0 amide bonds. The number of nitrogens with two attached hydrogens (primary N) is 1. The summed E-state index contributed by atoms with van der Waals surface area (Å²) in [4.78, 5) is 2.38. The van der Waals surface area contributed by atoms with Crippen molar-refractivity contribution in [3.8, 4) is 0 Å². The predicted octanol–water partition coefficient (Wildman–Crippen LogP) is 0.674. The van der Waals surface area contributed by atoms with Gasteiger partial charge in [-0.3, -0.25) is 0 Å². The zero-order valence-electron chi connectivity index (χ0n) is 8.88. The lowest BCUT2D eigenvalue weighted by molar-refractivity contribution is 0.203. The third-order valence-corrected chi connectivity index (χ3v) is 1.68. The molecule has 0 aromatic rings. The maximum Gasteiger partial charge on any atom is 0.0634 e. The van der Waals surface area contributed by atoms with E-state index in [4.69, 9.17) is 10.8 Å². The molecule has 3 N–H and O–H groups in total. The Morgan fingerprint density at radius 1 is 1.17 bits per heavy atom. The van der Waals surface area contributed by atoms with E-state index >= 15 is 0 Å². The largest absolute Gasteiger partial charge is 0.392 e. The summed E-state index contributed by atoms with van der Waals surface area (Å²) in [5.41, 5.74) is 4.92. The van der Waals surface area contributed by atoms with Gasteiger partial charge in [0.1, 0.15) is 0 Å². The molecule has 3 heteroatoms. The van der Waals surface area contributed by atoms with Crippen LogP contribution >= 0.6 is 0 Å². The Hall–Kier alpha value is -0.120. The molecule has 0 fully saturated rings. The van der Waals surface area contributed by atoms with Crippen LogP contribution in [0.5, 0.6) is 0 Å². The normalized spacial score (nSPS) is 12.2. The first-order chi connectivity index (χ1) is 5.62. The third kappa shape index (κ3) is 12.5. The molecule has 76 valence electrons. The Morgan fingerprint density at radius 2 is 1.42 bits per heavy atom. The second-order valence-electron chi connectivity index (χ2n) is 2.70. The highest BCUT2D eigenvalue weighted by Gasteiger charge is 1.89. The SMILES string of the molecule is CC(O)CN.CCN(CC)CC. The Kier molecular flexibility index (Phi) is 13.1. The molecule has 3 nitrogen and oxygen atoms in total. The maximum atomic E-state index is 8.24. The first kappa shape index (κ1) is 14.4. The van der Waals surface area contributed by atoms with Gasteiger partial charge in [0.2, 0.25) is 0 Å². The lowest BCUT2D eigenvalue weighted by atomic mass is 10.4. The van der Waals surface area contributed by atoms with Gasteiger partial charge < -0.3 is 15.7 Å². The van der Waals surface area contributed by atoms with E-state index in [1.165, 1.54) is 19.6 Å². The van der Waals surface area contributed by atoms with E-state index in [1.54, 1.807) is 6.92 Å². The van der Waals surface area contributed by atoms with Gasteiger partial charge in [0.05, 0.1) is 6.10 Å². The van der Waals surface area contributed by atoms with E-state index < -0.39 is 0 Å². The average molecular weight is 176 g/mol. The molecule has 0 radical (unpaired) electrons. The van der Waals surface area contributed by atoms with Crippen molar-refractivity contribution in [2.75, 3.05) is 26.2 Å². The van der Waals surface area contributed by atoms with Gasteiger partial charge in [0.15, 0.2) is 0 Å². The van der Waals surface area contributed by atoms with Gasteiger partial charge >= 0.3 is 0 Å². The fraction of sp³-hybridized carbons (Fsp3) is 1.00. The minimum Gasteiger partial charge on any atom is -0.392 e. The monoisotopic (exact) mass is 176 g/mol. The lowest BCUT2D eigenvalue weighted by Crippen LogP contribution is -2.21. The van der Waals surface area contributed by atoms with Crippen LogP contribution in [0, 0.1) is 0 Å². The van der Waals surface area contributed by atoms with Crippen LogP contribution in [0.3, 0.4) is 0 Å². The molecule has 0 saturated carbocycles. The van der Waals surface area contributed by atoms with E-state index in [9.17, 15) is 0 Å². The van der Waals surface area contributed by atoms with Crippen LogP contribution in [0.4, 0.5) is 0 Å². The molecule has 0 aliphatic carbocycles. The molecule has 0 heterocycles. The maximum absolute atomic E-state index is 8.24. The molecule has 0 saturated heterocycles. The first-order valence-electron chi connectivity index (χ1n) is 4.72. The van der Waals surface area contributed by atoms with Crippen molar-refractivity contribution >= 4 is 0 Å². The molecule has 1 unspecified atom stereocenters. The van der Waals surface area contributed by atoms with E-state index in [2.05, 4.69) is 25.7 Å². The van der Waals surface area contributed by atoms with Crippen molar-refractivity contribution < 1.29 is 5.11 Å². The predicted molar refractivity (Wildman–Crippen MR) is 54.2 cm³/mol. The zero-order valence-corrected chi connectivity index (χ0v) is 8.88. The standard InChI is InChI=1S/C6H15N.C3H9NO/c1-4-7(5-2)6-3;1-3(5)2-4/h4-6H2,1-3H3;3,5H,2,4H2,1H3. The van der Waals surface area contributed by atoms with Gasteiger partial charge in [0, 0.05) is 6.54 Å². The van der Waals surface area contributed by atoms with Crippen LogP contribution in [0.2, 0.25) is 0 Å². The molecule has 0 aliphatic heterocycles. The minimum atomic E-state index is -0.338. The van der Waals surface area contributed by atoms with Gasteiger partial charge in [-0.05, 0) is 26.6 Å². The molecular formula is C9H24N2O. The molecule has 0 aliphatic rings. The summed E-state index contributed by atoms with van der Waals surface area (Å²) in [7, 11) is 0. The van der Waals surface area contributed by atoms with Crippen LogP contribution in [0.25, 0.3) is 0 Å². The smallest absolute Gasteiger partial charge is 0.0634 e. The highest BCUT2D eigenvalue weighted by molar-refractivity contribution is 4.43. The van der Waals surface area contributed by atoms with Crippen LogP contribution in [0.1, 0.15) is 27.7 Å². The summed E-state index contributed by atoms with van der Waals surface area (Å²) in [6.07, 6.45) is -0.338. The van der Waals surface area contributed by atoms with Crippen molar-refractivity contribution in [2.24, 2.45) is 5.73 Å². The summed E-state index contributed by atoms with van der Waals surface area (Å²) in [6, 6.07) is 0. The molecule has 0 aromatic carbocycles. The number of hydrogen-bond donors (Lipinski definition) is 2. The minimum absolute atomic E-state index is 0.338. The Balaban J connectivity index is 0. The molecule has 1 atom stereocenters. The van der Waals surface area contributed by atoms with Crippen LogP contribution in [-0.4, -0.2) is 42.3 Å². The van der Waals surface area contributed by atoms with E-state index in [-0.39, 0.29) is 6.10 Å². The molecule has 0 aromatic heterocycles. The first-order valence-corrected chi connectivity index (χ1v) is 4.72. The van der Waals surface area contributed by atoms with Crippen molar-refractivity contribution in [3.63, 3.8) is 0 Å². The molecular weight excluding hydrogens is 152 g/mol. The lowest BCUT2D eigenvalue weighted by Gasteiger charge is -2.13. The van der Waals surface area contributed by atoms with Gasteiger partial charge in [0.25, 0.3) is 0 Å². The quantitative estimate of drug-likeness (QED) is 0.662.